The number of anilines is 2. The fraction of sp³-hybridized carbons (Fsp3) is 0.286. The first kappa shape index (κ1) is 21.9. The fourth-order valence-corrected chi connectivity index (χ4v) is 3.48. The largest absolute Gasteiger partial charge is 0.477 e. The third-order valence-corrected chi connectivity index (χ3v) is 5.16. The van der Waals surface area contributed by atoms with Gasteiger partial charge in [0, 0.05) is 5.02 Å². The van der Waals surface area contributed by atoms with Gasteiger partial charge in [-0.25, -0.2) is 4.79 Å². The molecule has 0 aromatic heterocycles. The van der Waals surface area contributed by atoms with Crippen LogP contribution in [-0.2, 0) is 19.1 Å². The smallest absolute Gasteiger partial charge is 0.347 e. The number of amides is 2. The molecular weight excluding hydrogens is 431 g/mol. The summed E-state index contributed by atoms with van der Waals surface area (Å²) in [4.78, 5) is 39.0. The van der Waals surface area contributed by atoms with Crippen molar-refractivity contribution in [2.45, 2.75) is 32.4 Å². The molecule has 1 aliphatic heterocycles. The molecule has 0 fully saturated rings. The highest BCUT2D eigenvalue weighted by Gasteiger charge is 2.43. The highest BCUT2D eigenvalue weighted by atomic mass is 35.5. The Morgan fingerprint density at radius 2 is 1.87 bits per heavy atom. The van der Waals surface area contributed by atoms with Crippen LogP contribution in [0.3, 0.4) is 0 Å². The second-order valence-corrected chi connectivity index (χ2v) is 8.05. The van der Waals surface area contributed by atoms with E-state index in [0.29, 0.717) is 16.4 Å². The number of esters is 1. The summed E-state index contributed by atoms with van der Waals surface area (Å²) in [5, 5.41) is 3.45. The Hall–Kier alpha value is -2.77. The molecule has 1 heterocycles. The number of hydrogen-bond acceptors (Lipinski definition) is 5. The third kappa shape index (κ3) is 4.37. The number of hydrogen-bond donors (Lipinski definition) is 1. The van der Waals surface area contributed by atoms with Gasteiger partial charge in [-0.2, -0.15) is 0 Å². The molecule has 7 nitrogen and oxygen atoms in total. The van der Waals surface area contributed by atoms with E-state index in [9.17, 15) is 14.4 Å². The van der Waals surface area contributed by atoms with Crippen molar-refractivity contribution < 1.29 is 23.9 Å². The number of ether oxygens (including phenoxy) is 2. The number of benzene rings is 2. The van der Waals surface area contributed by atoms with Crippen LogP contribution >= 0.6 is 23.2 Å². The van der Waals surface area contributed by atoms with Gasteiger partial charge in [0.05, 0.1) is 16.4 Å². The normalized spacial score (nSPS) is 15.6. The number of para-hydroxylation sites is 2. The van der Waals surface area contributed by atoms with Crippen molar-refractivity contribution in [1.82, 2.24) is 0 Å². The molecule has 158 valence electrons. The summed E-state index contributed by atoms with van der Waals surface area (Å²) in [5.74, 6) is -1.36. The van der Waals surface area contributed by atoms with Crippen LogP contribution in [0.25, 0.3) is 0 Å². The molecule has 1 aliphatic rings. The predicted molar refractivity (Wildman–Crippen MR) is 114 cm³/mol. The average molecular weight is 451 g/mol. The van der Waals surface area contributed by atoms with E-state index < -0.39 is 30.1 Å². The van der Waals surface area contributed by atoms with Crippen molar-refractivity contribution in [2.75, 3.05) is 16.8 Å². The minimum absolute atomic E-state index is 0.246. The summed E-state index contributed by atoms with van der Waals surface area (Å²) in [7, 11) is 0. The lowest BCUT2D eigenvalue weighted by atomic mass is 9.96. The first-order valence-electron chi connectivity index (χ1n) is 9.13. The zero-order chi connectivity index (χ0) is 22.1. The second kappa shape index (κ2) is 8.53. The molecule has 3 rings (SSSR count). The molecule has 1 N–H and O–H groups in total. The summed E-state index contributed by atoms with van der Waals surface area (Å²) in [5.41, 5.74) is -0.118. The maximum absolute atomic E-state index is 12.9. The summed E-state index contributed by atoms with van der Waals surface area (Å²) >= 11 is 11.9. The Morgan fingerprint density at radius 1 is 1.17 bits per heavy atom. The van der Waals surface area contributed by atoms with Crippen molar-refractivity contribution in [3.63, 3.8) is 0 Å². The number of carbonyl (C=O) groups excluding carboxylic acids is 3. The molecular formula is C21H20Cl2N2O5. The van der Waals surface area contributed by atoms with Crippen LogP contribution in [0.2, 0.25) is 10.0 Å². The van der Waals surface area contributed by atoms with E-state index in [1.54, 1.807) is 44.2 Å². The van der Waals surface area contributed by atoms with E-state index in [4.69, 9.17) is 32.7 Å². The van der Waals surface area contributed by atoms with Crippen molar-refractivity contribution in [3.05, 3.63) is 52.5 Å². The van der Waals surface area contributed by atoms with Gasteiger partial charge in [-0.3, -0.25) is 14.5 Å². The van der Waals surface area contributed by atoms with Crippen molar-refractivity contribution in [1.29, 1.82) is 0 Å². The summed E-state index contributed by atoms with van der Waals surface area (Å²) in [6.45, 7) is 4.16. The van der Waals surface area contributed by atoms with Crippen LogP contribution in [0, 0.1) is 0 Å². The van der Waals surface area contributed by atoms with Gasteiger partial charge in [0.2, 0.25) is 5.91 Å². The Bertz CT molecular complexity index is 1010. The fourth-order valence-electron chi connectivity index (χ4n) is 3.02. The van der Waals surface area contributed by atoms with Crippen LogP contribution in [0.5, 0.6) is 5.75 Å². The molecule has 0 unspecified atom stereocenters. The average Bonchev–Trinajstić information content (AvgIpc) is 2.68. The van der Waals surface area contributed by atoms with E-state index in [-0.39, 0.29) is 16.7 Å². The number of fused-ring (bicyclic) bond motifs is 1. The van der Waals surface area contributed by atoms with Gasteiger partial charge in [0.15, 0.2) is 12.7 Å². The van der Waals surface area contributed by atoms with Crippen LogP contribution in [0.15, 0.2) is 42.5 Å². The minimum atomic E-state index is -1.16. The van der Waals surface area contributed by atoms with Gasteiger partial charge in [0.1, 0.15) is 11.3 Å². The molecule has 0 bridgehead atoms. The molecule has 9 heteroatoms. The van der Waals surface area contributed by atoms with E-state index in [1.807, 2.05) is 0 Å². The van der Waals surface area contributed by atoms with E-state index in [1.165, 1.54) is 24.0 Å². The van der Waals surface area contributed by atoms with Gasteiger partial charge in [-0.05, 0) is 51.1 Å². The molecule has 2 amide bonds. The van der Waals surface area contributed by atoms with Gasteiger partial charge in [0.25, 0.3) is 5.91 Å². The topological polar surface area (TPSA) is 84.9 Å². The molecule has 0 aliphatic carbocycles. The van der Waals surface area contributed by atoms with Gasteiger partial charge in [-0.15, -0.1) is 0 Å². The van der Waals surface area contributed by atoms with Crippen molar-refractivity contribution >= 4 is 52.4 Å². The standard InChI is InChI=1S/C21H20Cl2N2O5/c1-12(30-17-9-8-13(22)10-14(17)23)19(27)29-11-18(26)25-16-7-5-4-6-15(16)24-20(28)21(25,2)3/h4-10,12H,11H2,1-3H3,(H,24,28)/t12-/m1/s1. The van der Waals surface area contributed by atoms with Crippen LogP contribution in [0.1, 0.15) is 20.8 Å². The minimum Gasteiger partial charge on any atom is -0.477 e. The monoisotopic (exact) mass is 450 g/mol. The first-order chi connectivity index (χ1) is 14.1. The van der Waals surface area contributed by atoms with E-state index in [2.05, 4.69) is 5.32 Å². The summed E-state index contributed by atoms with van der Waals surface area (Å²) in [6.07, 6.45) is -1.01. The van der Waals surface area contributed by atoms with Crippen LogP contribution in [-0.4, -0.2) is 36.0 Å². The van der Waals surface area contributed by atoms with E-state index in [0.717, 1.165) is 0 Å². The molecule has 0 saturated heterocycles. The van der Waals surface area contributed by atoms with Crippen LogP contribution < -0.4 is 15.0 Å². The molecule has 0 radical (unpaired) electrons. The second-order valence-electron chi connectivity index (χ2n) is 7.20. The Morgan fingerprint density at radius 3 is 2.57 bits per heavy atom. The lowest BCUT2D eigenvalue weighted by Gasteiger charge is -2.41. The quantitative estimate of drug-likeness (QED) is 0.693. The van der Waals surface area contributed by atoms with Crippen molar-refractivity contribution in [3.8, 4) is 5.75 Å². The lowest BCUT2D eigenvalue weighted by molar-refractivity contribution is -0.154. The predicted octanol–water partition coefficient (Wildman–Crippen LogP) is 4.07. The zero-order valence-electron chi connectivity index (χ0n) is 16.6. The highest BCUT2D eigenvalue weighted by molar-refractivity contribution is 6.35. The van der Waals surface area contributed by atoms with Gasteiger partial charge >= 0.3 is 5.97 Å². The third-order valence-electron chi connectivity index (χ3n) is 4.62. The summed E-state index contributed by atoms with van der Waals surface area (Å²) in [6, 6.07) is 11.5. The maximum Gasteiger partial charge on any atom is 0.347 e. The zero-order valence-corrected chi connectivity index (χ0v) is 18.1. The molecule has 2 aromatic rings. The highest BCUT2D eigenvalue weighted by Crippen LogP contribution is 2.36. The van der Waals surface area contributed by atoms with Crippen molar-refractivity contribution in [2.24, 2.45) is 0 Å². The summed E-state index contributed by atoms with van der Waals surface area (Å²) < 4.78 is 10.6. The number of nitrogens with zero attached hydrogens (tertiary/aromatic N) is 1. The van der Waals surface area contributed by atoms with E-state index >= 15 is 0 Å². The first-order valence-corrected chi connectivity index (χ1v) is 9.88. The molecule has 30 heavy (non-hydrogen) atoms. The molecule has 2 aromatic carbocycles. The van der Waals surface area contributed by atoms with Gasteiger partial charge < -0.3 is 14.8 Å². The molecule has 0 spiro atoms. The lowest BCUT2D eigenvalue weighted by Crippen LogP contribution is -2.59. The Balaban J connectivity index is 1.68. The SMILES string of the molecule is C[C@@H](Oc1ccc(Cl)cc1Cl)C(=O)OCC(=O)N1c2ccccc2NC(=O)C1(C)C. The maximum atomic E-state index is 12.9. The number of halogens is 2. The Kier molecular flexibility index (Phi) is 6.24. The number of nitrogens with one attached hydrogen (secondary N) is 1. The number of carbonyl (C=O) groups is 3. The number of rotatable bonds is 5. The molecule has 1 atom stereocenters. The van der Waals surface area contributed by atoms with Crippen LogP contribution in [0.4, 0.5) is 11.4 Å². The Labute approximate surface area is 183 Å². The van der Waals surface area contributed by atoms with Gasteiger partial charge in [-0.1, -0.05) is 35.3 Å². The molecule has 0 saturated carbocycles.